The number of sulfone groups is 1. The van der Waals surface area contributed by atoms with Gasteiger partial charge in [0.15, 0.2) is 9.84 Å². The summed E-state index contributed by atoms with van der Waals surface area (Å²) in [4.78, 5) is 15.5. The lowest BCUT2D eigenvalue weighted by Crippen LogP contribution is -2.50. The van der Waals surface area contributed by atoms with Crippen molar-refractivity contribution in [1.82, 2.24) is 10.2 Å². The number of nitrogens with zero attached hydrogens (tertiary/aromatic N) is 1. The Morgan fingerprint density at radius 1 is 1.07 bits per heavy atom. The Balaban J connectivity index is 1.78. The second kappa shape index (κ2) is 9.20. The SMILES string of the molecule is Cc1ccc(C(CNC(=O)C(C)(C)S(=O)(=O)c2ccc(Br)cc2)N2CCCC2)cc1. The van der Waals surface area contributed by atoms with Crippen molar-refractivity contribution in [2.75, 3.05) is 19.6 Å². The molecule has 1 aliphatic heterocycles. The molecule has 5 nitrogen and oxygen atoms in total. The van der Waals surface area contributed by atoms with E-state index in [4.69, 9.17) is 0 Å². The molecule has 1 unspecified atom stereocenters. The Morgan fingerprint density at radius 2 is 1.63 bits per heavy atom. The molecule has 0 radical (unpaired) electrons. The van der Waals surface area contributed by atoms with E-state index in [0.29, 0.717) is 6.54 Å². The average Bonchev–Trinajstić information content (AvgIpc) is 3.24. The average molecular weight is 493 g/mol. The first kappa shape index (κ1) is 23.0. The molecule has 0 spiro atoms. The first-order chi connectivity index (χ1) is 14.1. The fourth-order valence-electron chi connectivity index (χ4n) is 3.73. The monoisotopic (exact) mass is 492 g/mol. The van der Waals surface area contributed by atoms with Crippen molar-refractivity contribution in [3.63, 3.8) is 0 Å². The smallest absolute Gasteiger partial charge is 0.241 e. The van der Waals surface area contributed by atoms with E-state index in [1.54, 1.807) is 12.1 Å². The largest absolute Gasteiger partial charge is 0.353 e. The van der Waals surface area contributed by atoms with E-state index in [2.05, 4.69) is 50.4 Å². The second-order valence-corrected chi connectivity index (χ2v) is 11.8. The Labute approximate surface area is 187 Å². The quantitative estimate of drug-likeness (QED) is 0.626. The highest BCUT2D eigenvalue weighted by Gasteiger charge is 2.43. The van der Waals surface area contributed by atoms with Crippen molar-refractivity contribution in [2.24, 2.45) is 0 Å². The summed E-state index contributed by atoms with van der Waals surface area (Å²) in [5.74, 6) is -0.485. The van der Waals surface area contributed by atoms with Crippen LogP contribution in [0.3, 0.4) is 0 Å². The summed E-state index contributed by atoms with van der Waals surface area (Å²) >= 11 is 3.31. The maximum absolute atomic E-state index is 13.1. The van der Waals surface area contributed by atoms with Crippen molar-refractivity contribution in [1.29, 1.82) is 0 Å². The van der Waals surface area contributed by atoms with Crippen LogP contribution in [0.15, 0.2) is 57.9 Å². The number of rotatable bonds is 7. The predicted octanol–water partition coefficient (Wildman–Crippen LogP) is 4.26. The van der Waals surface area contributed by atoms with Gasteiger partial charge in [-0.2, -0.15) is 0 Å². The van der Waals surface area contributed by atoms with Gasteiger partial charge in [0.2, 0.25) is 5.91 Å². The summed E-state index contributed by atoms with van der Waals surface area (Å²) in [7, 11) is -3.84. The van der Waals surface area contributed by atoms with Crippen molar-refractivity contribution in [3.05, 3.63) is 64.1 Å². The van der Waals surface area contributed by atoms with Crippen molar-refractivity contribution < 1.29 is 13.2 Å². The number of carbonyl (C=O) groups is 1. The lowest BCUT2D eigenvalue weighted by molar-refractivity contribution is -0.123. The highest BCUT2D eigenvalue weighted by atomic mass is 79.9. The minimum Gasteiger partial charge on any atom is -0.353 e. The fourth-order valence-corrected chi connectivity index (χ4v) is 5.40. The van der Waals surface area contributed by atoms with E-state index >= 15 is 0 Å². The molecule has 0 aromatic heterocycles. The molecule has 0 aliphatic carbocycles. The molecule has 7 heteroatoms. The zero-order valence-electron chi connectivity index (χ0n) is 17.7. The molecule has 162 valence electrons. The lowest BCUT2D eigenvalue weighted by Gasteiger charge is -2.30. The number of carbonyl (C=O) groups excluding carboxylic acids is 1. The third-order valence-electron chi connectivity index (χ3n) is 5.84. The van der Waals surface area contributed by atoms with E-state index in [9.17, 15) is 13.2 Å². The second-order valence-electron chi connectivity index (χ2n) is 8.35. The number of hydrogen-bond acceptors (Lipinski definition) is 4. The molecule has 1 saturated heterocycles. The molecule has 2 aromatic rings. The van der Waals surface area contributed by atoms with Gasteiger partial charge in [-0.1, -0.05) is 45.8 Å². The first-order valence-corrected chi connectivity index (χ1v) is 12.5. The molecule has 30 heavy (non-hydrogen) atoms. The summed E-state index contributed by atoms with van der Waals surface area (Å²) in [5, 5.41) is 2.93. The fraction of sp³-hybridized carbons (Fsp3) is 0.435. The molecule has 0 saturated carbocycles. The number of amides is 1. The summed E-state index contributed by atoms with van der Waals surface area (Å²) < 4.78 is 25.5. The molecular formula is C23H29BrN2O3S. The van der Waals surface area contributed by atoms with Crippen LogP contribution in [0.5, 0.6) is 0 Å². The number of likely N-dealkylation sites (tertiary alicyclic amines) is 1. The third-order valence-corrected chi connectivity index (χ3v) is 8.79. The zero-order chi connectivity index (χ0) is 21.9. The molecule has 1 atom stereocenters. The van der Waals surface area contributed by atoms with Gasteiger partial charge >= 0.3 is 0 Å². The van der Waals surface area contributed by atoms with E-state index in [-0.39, 0.29) is 10.9 Å². The molecule has 1 fully saturated rings. The van der Waals surface area contributed by atoms with Crippen LogP contribution in [0, 0.1) is 6.92 Å². The highest BCUT2D eigenvalue weighted by Crippen LogP contribution is 2.28. The van der Waals surface area contributed by atoms with Gasteiger partial charge in [0.05, 0.1) is 10.9 Å². The van der Waals surface area contributed by atoms with Crippen LogP contribution in [0.25, 0.3) is 0 Å². The molecule has 1 aliphatic rings. The zero-order valence-corrected chi connectivity index (χ0v) is 20.1. The normalized spacial score (nSPS) is 16.4. The van der Waals surface area contributed by atoms with Gasteiger partial charge in [0.25, 0.3) is 0 Å². The summed E-state index contributed by atoms with van der Waals surface area (Å²) in [5.41, 5.74) is 2.32. The molecule has 1 N–H and O–H groups in total. The number of hydrogen-bond donors (Lipinski definition) is 1. The number of benzene rings is 2. The summed E-state index contributed by atoms with van der Waals surface area (Å²) in [6.45, 7) is 7.32. The van der Waals surface area contributed by atoms with Crippen LogP contribution in [0.1, 0.15) is 43.9 Å². The van der Waals surface area contributed by atoms with Gasteiger partial charge in [-0.05, 0) is 76.5 Å². The van der Waals surface area contributed by atoms with Gasteiger partial charge < -0.3 is 5.32 Å². The Kier molecular flexibility index (Phi) is 7.05. The summed E-state index contributed by atoms with van der Waals surface area (Å²) in [6, 6.07) is 14.7. The van der Waals surface area contributed by atoms with Crippen molar-refractivity contribution in [2.45, 2.75) is 49.3 Å². The van der Waals surface area contributed by atoms with Crippen molar-refractivity contribution >= 4 is 31.7 Å². The van der Waals surface area contributed by atoms with Gasteiger partial charge in [0.1, 0.15) is 4.75 Å². The minimum absolute atomic E-state index is 0.0308. The van der Waals surface area contributed by atoms with E-state index in [1.165, 1.54) is 31.5 Å². The van der Waals surface area contributed by atoms with Crippen LogP contribution in [0.4, 0.5) is 0 Å². The molecule has 0 bridgehead atoms. The first-order valence-electron chi connectivity index (χ1n) is 10.2. The standard InChI is InChI=1S/C23H29BrN2O3S/c1-17-6-8-18(9-7-17)21(26-14-4-5-15-26)16-25-22(27)23(2,3)30(28,29)20-12-10-19(24)11-13-20/h6-13,21H,4-5,14-16H2,1-3H3,(H,25,27). The summed E-state index contributed by atoms with van der Waals surface area (Å²) in [6.07, 6.45) is 2.28. The molecular weight excluding hydrogens is 464 g/mol. The van der Waals surface area contributed by atoms with Gasteiger partial charge in [-0.3, -0.25) is 9.69 Å². The van der Waals surface area contributed by atoms with Crippen LogP contribution >= 0.6 is 15.9 Å². The lowest BCUT2D eigenvalue weighted by atomic mass is 10.0. The van der Waals surface area contributed by atoms with E-state index < -0.39 is 20.5 Å². The number of halogens is 1. The Morgan fingerprint density at radius 3 is 2.20 bits per heavy atom. The van der Waals surface area contributed by atoms with Gasteiger partial charge in [0, 0.05) is 11.0 Å². The third kappa shape index (κ3) is 4.79. The van der Waals surface area contributed by atoms with Gasteiger partial charge in [-0.15, -0.1) is 0 Å². The molecule has 3 rings (SSSR count). The van der Waals surface area contributed by atoms with Crippen LogP contribution < -0.4 is 5.32 Å². The molecule has 2 aromatic carbocycles. The maximum atomic E-state index is 13.1. The maximum Gasteiger partial charge on any atom is 0.241 e. The van der Waals surface area contributed by atoms with Gasteiger partial charge in [-0.25, -0.2) is 8.42 Å². The number of nitrogens with one attached hydrogen (secondary N) is 1. The Bertz CT molecular complexity index is 980. The van der Waals surface area contributed by atoms with Crippen LogP contribution in [0.2, 0.25) is 0 Å². The predicted molar refractivity (Wildman–Crippen MR) is 123 cm³/mol. The highest BCUT2D eigenvalue weighted by molar-refractivity contribution is 9.10. The Hall–Kier alpha value is -1.70. The number of aryl methyl sites for hydroxylation is 1. The molecule has 1 amide bonds. The topological polar surface area (TPSA) is 66.5 Å². The van der Waals surface area contributed by atoms with Crippen LogP contribution in [-0.4, -0.2) is 43.6 Å². The minimum atomic E-state index is -3.84. The van der Waals surface area contributed by atoms with E-state index in [0.717, 1.165) is 36.0 Å². The van der Waals surface area contributed by atoms with E-state index in [1.807, 2.05) is 6.92 Å². The molecule has 1 heterocycles. The van der Waals surface area contributed by atoms with Crippen LogP contribution in [-0.2, 0) is 14.6 Å². The van der Waals surface area contributed by atoms with Crippen molar-refractivity contribution in [3.8, 4) is 0 Å².